The van der Waals surface area contributed by atoms with E-state index in [2.05, 4.69) is 10.6 Å². The van der Waals surface area contributed by atoms with Gasteiger partial charge in [0.1, 0.15) is 6.67 Å². The molecule has 0 radical (unpaired) electrons. The van der Waals surface area contributed by atoms with Gasteiger partial charge in [-0.1, -0.05) is 50.2 Å². The molecule has 2 unspecified atom stereocenters. The highest BCUT2D eigenvalue weighted by Crippen LogP contribution is 2.29. The predicted octanol–water partition coefficient (Wildman–Crippen LogP) is 3.35. The van der Waals surface area contributed by atoms with Gasteiger partial charge in [0, 0.05) is 17.3 Å². The number of nitrogens with zero attached hydrogens (tertiary/aromatic N) is 1. The Kier molecular flexibility index (Phi) is 7.99. The second-order valence-electron chi connectivity index (χ2n) is 8.24. The molecule has 0 spiro atoms. The van der Waals surface area contributed by atoms with Crippen LogP contribution in [0.2, 0.25) is 0 Å². The number of carbonyl (C=O) groups is 4. The highest BCUT2D eigenvalue weighted by Gasteiger charge is 2.32. The van der Waals surface area contributed by atoms with Gasteiger partial charge in [-0.25, -0.2) is 13.8 Å². The zero-order valence-electron chi connectivity index (χ0n) is 19.3. The van der Waals surface area contributed by atoms with Crippen LogP contribution in [0, 0.1) is 5.92 Å². The van der Waals surface area contributed by atoms with Gasteiger partial charge in [0.15, 0.2) is 11.9 Å². The first kappa shape index (κ1) is 24.9. The summed E-state index contributed by atoms with van der Waals surface area (Å²) in [5.74, 6) is -2.67. The Hall–Kier alpha value is -3.75. The number of para-hydroxylation sites is 2. The van der Waals surface area contributed by atoms with Gasteiger partial charge < -0.3 is 15.4 Å². The van der Waals surface area contributed by atoms with Crippen LogP contribution in [0.3, 0.4) is 0 Å². The molecular weight excluding hydrogens is 441 g/mol. The number of ether oxygens (including phenoxy) is 1. The number of alkyl halides is 1. The summed E-state index contributed by atoms with van der Waals surface area (Å²) in [4.78, 5) is 50.2. The number of carbonyl (C=O) groups excluding carboxylic acids is 4. The number of nitrogens with one attached hydrogen (secondary N) is 2. The van der Waals surface area contributed by atoms with Crippen LogP contribution in [0.25, 0.3) is 21.8 Å². The Labute approximate surface area is 196 Å². The third kappa shape index (κ3) is 5.24. The summed E-state index contributed by atoms with van der Waals surface area (Å²) in [6, 6.07) is 13.3. The standard InChI is InChI=1S/C25H28FN3O5/c1-4-27-22(31)13-18(21(30)14-26)28-24(32)23(15(2)3)34-25(33)29-19-11-7-5-9-16(19)17-10-6-8-12-20(17)29/h5-12,15,18,23H,4,13-14H2,1-3H3,(H,27,31)(H,28,32). The van der Waals surface area contributed by atoms with Crippen LogP contribution < -0.4 is 10.6 Å². The number of aromatic nitrogens is 1. The molecule has 0 aliphatic rings. The van der Waals surface area contributed by atoms with Crippen molar-refractivity contribution in [3.63, 3.8) is 0 Å². The number of ketones is 1. The number of hydrogen-bond acceptors (Lipinski definition) is 5. The first-order valence-electron chi connectivity index (χ1n) is 11.1. The molecule has 0 aliphatic carbocycles. The maximum atomic E-state index is 13.3. The largest absolute Gasteiger partial charge is 0.435 e. The van der Waals surface area contributed by atoms with Crippen molar-refractivity contribution >= 4 is 45.5 Å². The van der Waals surface area contributed by atoms with E-state index in [0.29, 0.717) is 17.6 Å². The van der Waals surface area contributed by atoms with Gasteiger partial charge in [0.05, 0.1) is 23.5 Å². The molecule has 0 saturated carbocycles. The summed E-state index contributed by atoms with van der Waals surface area (Å²) in [6.07, 6.45) is -2.44. The molecule has 1 heterocycles. The highest BCUT2D eigenvalue weighted by atomic mass is 19.1. The summed E-state index contributed by atoms with van der Waals surface area (Å²) < 4.78 is 20.1. The lowest BCUT2D eigenvalue weighted by Gasteiger charge is -2.24. The lowest BCUT2D eigenvalue weighted by molar-refractivity contribution is -0.136. The molecule has 3 rings (SSSR count). The number of benzene rings is 2. The summed E-state index contributed by atoms with van der Waals surface area (Å²) in [5.41, 5.74) is 1.25. The lowest BCUT2D eigenvalue weighted by Crippen LogP contribution is -2.50. The topological polar surface area (TPSA) is 106 Å². The molecule has 0 saturated heterocycles. The van der Waals surface area contributed by atoms with E-state index in [-0.39, 0.29) is 0 Å². The maximum Gasteiger partial charge on any atom is 0.419 e. The average molecular weight is 470 g/mol. The van der Waals surface area contributed by atoms with Crippen LogP contribution >= 0.6 is 0 Å². The van der Waals surface area contributed by atoms with Crippen molar-refractivity contribution in [3.05, 3.63) is 48.5 Å². The molecule has 1 aromatic heterocycles. The number of halogens is 1. The van der Waals surface area contributed by atoms with Gasteiger partial charge in [-0.05, 0) is 25.0 Å². The first-order chi connectivity index (χ1) is 16.3. The fourth-order valence-corrected chi connectivity index (χ4v) is 3.82. The lowest BCUT2D eigenvalue weighted by atomic mass is 10.0. The van der Waals surface area contributed by atoms with Crippen molar-refractivity contribution in [3.8, 4) is 0 Å². The van der Waals surface area contributed by atoms with Crippen molar-refractivity contribution in [2.75, 3.05) is 13.2 Å². The van der Waals surface area contributed by atoms with Gasteiger partial charge >= 0.3 is 6.09 Å². The summed E-state index contributed by atoms with van der Waals surface area (Å²) >= 11 is 0. The van der Waals surface area contributed by atoms with Gasteiger partial charge in [0.2, 0.25) is 5.91 Å². The minimum absolute atomic E-state index is 0.328. The molecule has 0 bridgehead atoms. The smallest absolute Gasteiger partial charge is 0.419 e. The zero-order valence-corrected chi connectivity index (χ0v) is 19.3. The van der Waals surface area contributed by atoms with Crippen LogP contribution in [0.4, 0.5) is 9.18 Å². The minimum atomic E-state index is -1.36. The molecule has 2 atom stereocenters. The van der Waals surface area contributed by atoms with Crippen molar-refractivity contribution < 1.29 is 28.3 Å². The minimum Gasteiger partial charge on any atom is -0.435 e. The van der Waals surface area contributed by atoms with E-state index in [1.807, 2.05) is 24.3 Å². The summed E-state index contributed by atoms with van der Waals surface area (Å²) in [5, 5.41) is 6.61. The van der Waals surface area contributed by atoms with E-state index in [1.165, 1.54) is 4.57 Å². The van der Waals surface area contributed by atoms with Crippen LogP contribution in [-0.2, 0) is 19.1 Å². The maximum absolute atomic E-state index is 13.3. The quantitative estimate of drug-likeness (QED) is 0.500. The van der Waals surface area contributed by atoms with Crippen LogP contribution in [0.5, 0.6) is 0 Å². The van der Waals surface area contributed by atoms with E-state index in [9.17, 15) is 23.6 Å². The molecule has 0 fully saturated rings. The Morgan fingerprint density at radius 2 is 1.53 bits per heavy atom. The summed E-state index contributed by atoms with van der Waals surface area (Å²) in [6.45, 7) is 4.05. The Bertz CT molecular complexity index is 1170. The number of Topliss-reactive ketones (excluding diaryl/α,β-unsaturated/α-hetero) is 1. The molecule has 3 aromatic rings. The Morgan fingerprint density at radius 1 is 0.971 bits per heavy atom. The molecule has 2 amide bonds. The zero-order chi connectivity index (χ0) is 24.8. The predicted molar refractivity (Wildman–Crippen MR) is 126 cm³/mol. The second kappa shape index (κ2) is 10.9. The molecule has 2 aromatic carbocycles. The molecule has 9 heteroatoms. The van der Waals surface area contributed by atoms with Crippen molar-refractivity contribution in [1.82, 2.24) is 15.2 Å². The average Bonchev–Trinajstić information content (AvgIpc) is 3.16. The molecule has 2 N–H and O–H groups in total. The van der Waals surface area contributed by atoms with Crippen molar-refractivity contribution in [2.45, 2.75) is 39.3 Å². The molecule has 8 nitrogen and oxygen atoms in total. The number of hydrogen-bond donors (Lipinski definition) is 2. The van der Waals surface area contributed by atoms with E-state index < -0.39 is 54.8 Å². The SMILES string of the molecule is CCNC(=O)CC(NC(=O)C(OC(=O)n1c2ccccc2c2ccccc21)C(C)C)C(=O)CF. The van der Waals surface area contributed by atoms with Gasteiger partial charge in [0.25, 0.3) is 5.91 Å². The fourth-order valence-electron chi connectivity index (χ4n) is 3.82. The molecular formula is C25H28FN3O5. The number of rotatable bonds is 9. The second-order valence-corrected chi connectivity index (χ2v) is 8.24. The van der Waals surface area contributed by atoms with Crippen molar-refractivity contribution in [1.29, 1.82) is 0 Å². The number of amides is 2. The van der Waals surface area contributed by atoms with E-state index in [4.69, 9.17) is 4.74 Å². The normalized spacial score (nSPS) is 13.0. The van der Waals surface area contributed by atoms with E-state index >= 15 is 0 Å². The molecule has 180 valence electrons. The van der Waals surface area contributed by atoms with E-state index in [0.717, 1.165) is 10.8 Å². The molecule has 0 aliphatic heterocycles. The van der Waals surface area contributed by atoms with Crippen LogP contribution in [0.15, 0.2) is 48.5 Å². The monoisotopic (exact) mass is 469 g/mol. The van der Waals surface area contributed by atoms with Gasteiger partial charge in [-0.15, -0.1) is 0 Å². The Morgan fingerprint density at radius 3 is 2.03 bits per heavy atom. The summed E-state index contributed by atoms with van der Waals surface area (Å²) in [7, 11) is 0. The van der Waals surface area contributed by atoms with E-state index in [1.54, 1.807) is 45.0 Å². The first-order valence-corrected chi connectivity index (χ1v) is 11.1. The molecule has 34 heavy (non-hydrogen) atoms. The third-order valence-electron chi connectivity index (χ3n) is 5.45. The van der Waals surface area contributed by atoms with Gasteiger partial charge in [-0.2, -0.15) is 0 Å². The fraction of sp³-hybridized carbons (Fsp3) is 0.360. The van der Waals surface area contributed by atoms with Crippen molar-refractivity contribution in [2.24, 2.45) is 5.92 Å². The third-order valence-corrected chi connectivity index (χ3v) is 5.45. The van der Waals surface area contributed by atoms with Crippen LogP contribution in [0.1, 0.15) is 27.2 Å². The number of fused-ring (bicyclic) bond motifs is 3. The highest BCUT2D eigenvalue weighted by molar-refractivity contribution is 6.12. The van der Waals surface area contributed by atoms with Gasteiger partial charge in [-0.3, -0.25) is 14.4 Å². The van der Waals surface area contributed by atoms with Crippen LogP contribution in [-0.4, -0.2) is 53.6 Å². The Balaban J connectivity index is 1.87.